The van der Waals surface area contributed by atoms with Crippen LogP contribution < -0.4 is 5.32 Å². The van der Waals surface area contributed by atoms with Gasteiger partial charge in [-0.2, -0.15) is 5.10 Å². The van der Waals surface area contributed by atoms with Gasteiger partial charge in [-0.1, -0.05) is 6.92 Å². The Bertz CT molecular complexity index is 408. The SMILES string of the molecule is CCCn1cc(C2OCCCC2CNC(C)(C)C)cn1. The third-order valence-electron chi connectivity index (χ3n) is 3.77. The summed E-state index contributed by atoms with van der Waals surface area (Å²) in [5, 5.41) is 8.06. The van der Waals surface area contributed by atoms with Gasteiger partial charge in [-0.05, 0) is 40.0 Å². The summed E-state index contributed by atoms with van der Waals surface area (Å²) in [5.74, 6) is 0.544. The standard InChI is InChI=1S/C16H29N3O/c1-5-8-19-12-14(11-18-19)15-13(7-6-9-20-15)10-17-16(2,3)4/h11-13,15,17H,5-10H2,1-4H3. The zero-order chi connectivity index (χ0) is 14.6. The lowest BCUT2D eigenvalue weighted by atomic mass is 9.90. The monoisotopic (exact) mass is 279 g/mol. The molecule has 2 rings (SSSR count). The van der Waals surface area contributed by atoms with Crippen molar-refractivity contribution in [3.05, 3.63) is 18.0 Å². The highest BCUT2D eigenvalue weighted by Gasteiger charge is 2.29. The summed E-state index contributed by atoms with van der Waals surface area (Å²) in [5.41, 5.74) is 1.40. The smallest absolute Gasteiger partial charge is 0.0895 e. The second kappa shape index (κ2) is 6.72. The Balaban J connectivity index is 2.01. The van der Waals surface area contributed by atoms with Crippen molar-refractivity contribution in [1.82, 2.24) is 15.1 Å². The van der Waals surface area contributed by atoms with E-state index in [0.29, 0.717) is 5.92 Å². The fourth-order valence-electron chi connectivity index (χ4n) is 2.74. The van der Waals surface area contributed by atoms with Gasteiger partial charge in [0.2, 0.25) is 0 Å². The Morgan fingerprint density at radius 1 is 1.45 bits per heavy atom. The molecule has 1 aliphatic heterocycles. The maximum atomic E-state index is 6.04. The van der Waals surface area contributed by atoms with E-state index in [1.54, 1.807) is 0 Å². The van der Waals surface area contributed by atoms with Gasteiger partial charge in [-0.15, -0.1) is 0 Å². The van der Waals surface area contributed by atoms with Gasteiger partial charge in [0.1, 0.15) is 0 Å². The second-order valence-electron chi connectivity index (χ2n) is 6.86. The molecule has 0 aliphatic carbocycles. The summed E-state index contributed by atoms with van der Waals surface area (Å²) in [6, 6.07) is 0. The largest absolute Gasteiger partial charge is 0.373 e. The zero-order valence-electron chi connectivity index (χ0n) is 13.4. The molecule has 1 aromatic heterocycles. The van der Waals surface area contributed by atoms with Gasteiger partial charge < -0.3 is 10.1 Å². The summed E-state index contributed by atoms with van der Waals surface area (Å²) in [7, 11) is 0. The molecule has 4 nitrogen and oxygen atoms in total. The van der Waals surface area contributed by atoms with Crippen LogP contribution in [0.15, 0.2) is 12.4 Å². The van der Waals surface area contributed by atoms with Crippen LogP contribution in [0.1, 0.15) is 58.6 Å². The average molecular weight is 279 g/mol. The molecule has 1 saturated heterocycles. The van der Waals surface area contributed by atoms with Gasteiger partial charge in [-0.3, -0.25) is 4.68 Å². The van der Waals surface area contributed by atoms with Crippen LogP contribution in [0.3, 0.4) is 0 Å². The van der Waals surface area contributed by atoms with Crippen LogP contribution in [0.2, 0.25) is 0 Å². The van der Waals surface area contributed by atoms with Crippen molar-refractivity contribution in [2.45, 2.75) is 65.1 Å². The molecule has 0 spiro atoms. The number of nitrogens with one attached hydrogen (secondary N) is 1. The molecule has 1 N–H and O–H groups in total. The Labute approximate surface area is 122 Å². The number of hydrogen-bond acceptors (Lipinski definition) is 3. The minimum Gasteiger partial charge on any atom is -0.373 e. The van der Waals surface area contributed by atoms with Crippen LogP contribution in [0.5, 0.6) is 0 Å². The predicted octanol–water partition coefficient (Wildman–Crippen LogP) is 3.15. The first-order valence-corrected chi connectivity index (χ1v) is 7.88. The van der Waals surface area contributed by atoms with Gasteiger partial charge in [0, 0.05) is 42.9 Å². The molecule has 0 radical (unpaired) electrons. The fourth-order valence-corrected chi connectivity index (χ4v) is 2.74. The zero-order valence-corrected chi connectivity index (χ0v) is 13.4. The Morgan fingerprint density at radius 2 is 2.25 bits per heavy atom. The van der Waals surface area contributed by atoms with E-state index in [-0.39, 0.29) is 11.6 Å². The Morgan fingerprint density at radius 3 is 2.95 bits per heavy atom. The molecule has 0 amide bonds. The Kier molecular flexibility index (Phi) is 5.22. The molecule has 1 fully saturated rings. The summed E-state index contributed by atoms with van der Waals surface area (Å²) in [6.07, 6.45) is 7.84. The van der Waals surface area contributed by atoms with E-state index in [1.807, 2.05) is 10.9 Å². The molecular formula is C16H29N3O. The lowest BCUT2D eigenvalue weighted by Gasteiger charge is -2.33. The van der Waals surface area contributed by atoms with E-state index in [1.165, 1.54) is 12.0 Å². The van der Waals surface area contributed by atoms with Crippen LogP contribution in [0, 0.1) is 5.92 Å². The van der Waals surface area contributed by atoms with Crippen LogP contribution in [0.25, 0.3) is 0 Å². The van der Waals surface area contributed by atoms with Crippen molar-refractivity contribution >= 4 is 0 Å². The highest BCUT2D eigenvalue weighted by molar-refractivity contribution is 5.11. The second-order valence-corrected chi connectivity index (χ2v) is 6.86. The summed E-state index contributed by atoms with van der Waals surface area (Å²) in [6.45, 7) is 11.7. The van der Waals surface area contributed by atoms with Crippen LogP contribution in [-0.4, -0.2) is 28.5 Å². The van der Waals surface area contributed by atoms with Crippen molar-refractivity contribution in [2.24, 2.45) is 5.92 Å². The van der Waals surface area contributed by atoms with E-state index in [0.717, 1.165) is 32.5 Å². The van der Waals surface area contributed by atoms with Gasteiger partial charge >= 0.3 is 0 Å². The van der Waals surface area contributed by atoms with E-state index < -0.39 is 0 Å². The summed E-state index contributed by atoms with van der Waals surface area (Å²) < 4.78 is 8.07. The van der Waals surface area contributed by atoms with Crippen molar-refractivity contribution in [1.29, 1.82) is 0 Å². The lowest BCUT2D eigenvalue weighted by molar-refractivity contribution is -0.0293. The average Bonchev–Trinajstić information content (AvgIpc) is 2.85. The van der Waals surface area contributed by atoms with E-state index in [2.05, 4.69) is 44.3 Å². The predicted molar refractivity (Wildman–Crippen MR) is 81.7 cm³/mol. The third kappa shape index (κ3) is 4.32. The molecule has 0 bridgehead atoms. The molecule has 1 aliphatic rings. The first kappa shape index (κ1) is 15.5. The number of aromatic nitrogens is 2. The minimum atomic E-state index is 0.161. The number of aryl methyl sites for hydroxylation is 1. The molecule has 4 heteroatoms. The first-order valence-electron chi connectivity index (χ1n) is 7.88. The molecule has 114 valence electrons. The van der Waals surface area contributed by atoms with E-state index >= 15 is 0 Å². The quantitative estimate of drug-likeness (QED) is 0.900. The van der Waals surface area contributed by atoms with Gasteiger partial charge in [0.15, 0.2) is 0 Å². The molecule has 20 heavy (non-hydrogen) atoms. The number of nitrogens with zero attached hydrogens (tertiary/aromatic N) is 2. The number of rotatable bonds is 5. The topological polar surface area (TPSA) is 39.1 Å². The summed E-state index contributed by atoms with van der Waals surface area (Å²) >= 11 is 0. The van der Waals surface area contributed by atoms with Crippen molar-refractivity contribution in [2.75, 3.05) is 13.2 Å². The Hall–Kier alpha value is -0.870. The van der Waals surface area contributed by atoms with Gasteiger partial charge in [0.25, 0.3) is 0 Å². The minimum absolute atomic E-state index is 0.161. The molecule has 2 atom stereocenters. The van der Waals surface area contributed by atoms with Crippen LogP contribution in [-0.2, 0) is 11.3 Å². The van der Waals surface area contributed by atoms with Crippen molar-refractivity contribution in [3.8, 4) is 0 Å². The van der Waals surface area contributed by atoms with Gasteiger partial charge in [0.05, 0.1) is 12.3 Å². The van der Waals surface area contributed by atoms with Crippen LogP contribution >= 0.6 is 0 Å². The molecule has 2 unspecified atom stereocenters. The third-order valence-corrected chi connectivity index (χ3v) is 3.77. The van der Waals surface area contributed by atoms with Crippen LogP contribution in [0.4, 0.5) is 0 Å². The highest BCUT2D eigenvalue weighted by Crippen LogP contribution is 2.33. The lowest BCUT2D eigenvalue weighted by Crippen LogP contribution is -2.41. The normalized spacial score (nSPS) is 24.0. The first-order chi connectivity index (χ1) is 9.49. The highest BCUT2D eigenvalue weighted by atomic mass is 16.5. The molecule has 2 heterocycles. The van der Waals surface area contributed by atoms with Crippen molar-refractivity contribution in [3.63, 3.8) is 0 Å². The maximum absolute atomic E-state index is 6.04. The molecule has 0 aromatic carbocycles. The van der Waals surface area contributed by atoms with E-state index in [4.69, 9.17) is 4.74 Å². The van der Waals surface area contributed by atoms with E-state index in [9.17, 15) is 0 Å². The van der Waals surface area contributed by atoms with Crippen molar-refractivity contribution < 1.29 is 4.74 Å². The summed E-state index contributed by atoms with van der Waals surface area (Å²) in [4.78, 5) is 0. The maximum Gasteiger partial charge on any atom is 0.0895 e. The molecule has 1 aromatic rings. The van der Waals surface area contributed by atoms with Gasteiger partial charge in [-0.25, -0.2) is 0 Å². The number of ether oxygens (including phenoxy) is 1. The number of hydrogen-bond donors (Lipinski definition) is 1. The molecule has 0 saturated carbocycles. The fraction of sp³-hybridized carbons (Fsp3) is 0.812. The molecular weight excluding hydrogens is 250 g/mol.